The van der Waals surface area contributed by atoms with Crippen molar-refractivity contribution >= 4 is 21.3 Å². The normalized spacial score (nSPS) is 25.9. The number of anilines is 1. The van der Waals surface area contributed by atoms with E-state index in [1.807, 2.05) is 0 Å². The summed E-state index contributed by atoms with van der Waals surface area (Å²) < 4.78 is 22.7. The molecule has 1 fully saturated rings. The number of nitrogens with one attached hydrogen (secondary N) is 1. The Hall–Kier alpha value is -1.40. The Labute approximate surface area is 106 Å². The minimum absolute atomic E-state index is 0.0572. The highest BCUT2D eigenvalue weighted by Gasteiger charge is 2.36. The van der Waals surface area contributed by atoms with Crippen LogP contribution in [0, 0.1) is 0 Å². The van der Waals surface area contributed by atoms with Crippen LogP contribution < -0.4 is 5.32 Å². The predicted molar refractivity (Wildman–Crippen MR) is 68.5 cm³/mol. The lowest BCUT2D eigenvalue weighted by atomic mass is 10.1. The van der Waals surface area contributed by atoms with Crippen molar-refractivity contribution in [1.29, 1.82) is 0 Å². The SMILES string of the molecule is CC(=O)c1cccc(N[C@H]2CS(=O)(=O)C[C@H]2O)c1. The van der Waals surface area contributed by atoms with Gasteiger partial charge in [-0.05, 0) is 19.1 Å². The van der Waals surface area contributed by atoms with Gasteiger partial charge in [-0.2, -0.15) is 0 Å². The third kappa shape index (κ3) is 2.88. The van der Waals surface area contributed by atoms with Crippen LogP contribution in [0.15, 0.2) is 24.3 Å². The van der Waals surface area contributed by atoms with Gasteiger partial charge < -0.3 is 10.4 Å². The van der Waals surface area contributed by atoms with Crippen LogP contribution >= 0.6 is 0 Å². The fourth-order valence-electron chi connectivity index (χ4n) is 2.01. The third-order valence-electron chi connectivity index (χ3n) is 2.94. The van der Waals surface area contributed by atoms with E-state index in [0.29, 0.717) is 11.3 Å². The zero-order valence-corrected chi connectivity index (χ0v) is 10.8. The molecule has 1 aromatic carbocycles. The minimum atomic E-state index is -3.17. The molecule has 0 radical (unpaired) electrons. The number of sulfone groups is 1. The molecule has 0 spiro atoms. The lowest BCUT2D eigenvalue weighted by molar-refractivity contribution is 0.101. The number of benzene rings is 1. The van der Waals surface area contributed by atoms with Gasteiger partial charge in [0.1, 0.15) is 0 Å². The first-order valence-corrected chi connectivity index (χ1v) is 7.45. The van der Waals surface area contributed by atoms with Gasteiger partial charge in [0.15, 0.2) is 15.6 Å². The maximum absolute atomic E-state index is 11.4. The molecule has 6 heteroatoms. The van der Waals surface area contributed by atoms with E-state index in [-0.39, 0.29) is 17.3 Å². The molecule has 0 aliphatic carbocycles. The van der Waals surface area contributed by atoms with Crippen LogP contribution in [0.2, 0.25) is 0 Å². The molecule has 1 aromatic rings. The highest BCUT2D eigenvalue weighted by atomic mass is 32.2. The van der Waals surface area contributed by atoms with Gasteiger partial charge >= 0.3 is 0 Å². The van der Waals surface area contributed by atoms with Gasteiger partial charge in [0, 0.05) is 11.3 Å². The number of hydrogen-bond acceptors (Lipinski definition) is 5. The van der Waals surface area contributed by atoms with E-state index in [0.717, 1.165) is 0 Å². The summed E-state index contributed by atoms with van der Waals surface area (Å²) in [5.41, 5.74) is 1.19. The van der Waals surface area contributed by atoms with Crippen LogP contribution in [0.3, 0.4) is 0 Å². The Bertz CT molecular complexity index is 567. The Balaban J connectivity index is 2.15. The predicted octanol–water partition coefficient (Wildman–Crippen LogP) is 0.459. The Kier molecular flexibility index (Phi) is 3.41. The molecule has 98 valence electrons. The summed E-state index contributed by atoms with van der Waals surface area (Å²) >= 11 is 0. The lowest BCUT2D eigenvalue weighted by Gasteiger charge is -2.16. The first-order chi connectivity index (χ1) is 8.37. The standard InChI is InChI=1S/C12H15NO4S/c1-8(14)9-3-2-4-10(5-9)13-11-6-18(16,17)7-12(11)15/h2-5,11-13,15H,6-7H2,1H3/t11-,12+/m0/s1. The van der Waals surface area contributed by atoms with Crippen molar-refractivity contribution in [2.24, 2.45) is 0 Å². The Morgan fingerprint density at radius 3 is 2.67 bits per heavy atom. The van der Waals surface area contributed by atoms with Crippen molar-refractivity contribution in [3.05, 3.63) is 29.8 Å². The zero-order valence-electron chi connectivity index (χ0n) is 9.96. The highest BCUT2D eigenvalue weighted by molar-refractivity contribution is 7.91. The summed E-state index contributed by atoms with van der Waals surface area (Å²) in [4.78, 5) is 11.2. The largest absolute Gasteiger partial charge is 0.390 e. The summed E-state index contributed by atoms with van der Waals surface area (Å²) in [6.45, 7) is 1.47. The number of rotatable bonds is 3. The molecule has 0 saturated carbocycles. The van der Waals surface area contributed by atoms with Crippen LogP contribution in [-0.2, 0) is 9.84 Å². The van der Waals surface area contributed by atoms with E-state index >= 15 is 0 Å². The monoisotopic (exact) mass is 269 g/mol. The first kappa shape index (κ1) is 13.0. The Morgan fingerprint density at radius 2 is 2.11 bits per heavy atom. The van der Waals surface area contributed by atoms with Crippen molar-refractivity contribution < 1.29 is 18.3 Å². The molecule has 0 bridgehead atoms. The molecule has 1 aliphatic rings. The number of Topliss-reactive ketones (excluding diaryl/α,β-unsaturated/α-hetero) is 1. The maximum Gasteiger partial charge on any atom is 0.159 e. The molecule has 2 N–H and O–H groups in total. The van der Waals surface area contributed by atoms with Gasteiger partial charge in [-0.25, -0.2) is 8.42 Å². The van der Waals surface area contributed by atoms with Crippen molar-refractivity contribution in [3.8, 4) is 0 Å². The van der Waals surface area contributed by atoms with E-state index < -0.39 is 22.0 Å². The second-order valence-corrected chi connectivity index (χ2v) is 6.69. The summed E-state index contributed by atoms with van der Waals surface area (Å²) in [7, 11) is -3.17. The summed E-state index contributed by atoms with van der Waals surface area (Å²) in [5.74, 6) is -0.353. The molecule has 2 atom stereocenters. The van der Waals surface area contributed by atoms with Crippen LogP contribution in [0.25, 0.3) is 0 Å². The lowest BCUT2D eigenvalue weighted by Crippen LogP contribution is -2.31. The van der Waals surface area contributed by atoms with E-state index in [2.05, 4.69) is 5.32 Å². The quantitative estimate of drug-likeness (QED) is 0.779. The van der Waals surface area contributed by atoms with Gasteiger partial charge in [0.05, 0.1) is 23.7 Å². The van der Waals surface area contributed by atoms with Crippen LogP contribution in [0.4, 0.5) is 5.69 Å². The molecule has 1 heterocycles. The average Bonchev–Trinajstić information content (AvgIpc) is 2.52. The number of aliphatic hydroxyl groups excluding tert-OH is 1. The number of carbonyl (C=O) groups is 1. The molecule has 5 nitrogen and oxygen atoms in total. The van der Waals surface area contributed by atoms with E-state index in [9.17, 15) is 18.3 Å². The van der Waals surface area contributed by atoms with Gasteiger partial charge in [-0.3, -0.25) is 4.79 Å². The Morgan fingerprint density at radius 1 is 1.39 bits per heavy atom. The second kappa shape index (κ2) is 4.70. The molecule has 18 heavy (non-hydrogen) atoms. The fourth-order valence-corrected chi connectivity index (χ4v) is 3.75. The number of carbonyl (C=O) groups excluding carboxylic acids is 1. The third-order valence-corrected chi connectivity index (χ3v) is 4.66. The molecule has 0 unspecified atom stereocenters. The molecule has 2 rings (SSSR count). The van der Waals surface area contributed by atoms with Crippen LogP contribution in [0.5, 0.6) is 0 Å². The maximum atomic E-state index is 11.4. The van der Waals surface area contributed by atoms with Gasteiger partial charge in [-0.15, -0.1) is 0 Å². The highest BCUT2D eigenvalue weighted by Crippen LogP contribution is 2.19. The van der Waals surface area contributed by atoms with Crippen molar-refractivity contribution in [2.75, 3.05) is 16.8 Å². The van der Waals surface area contributed by atoms with Crippen molar-refractivity contribution in [1.82, 2.24) is 0 Å². The fraction of sp³-hybridized carbons (Fsp3) is 0.417. The van der Waals surface area contributed by atoms with E-state index in [1.54, 1.807) is 24.3 Å². The molecule has 0 amide bonds. The number of ketones is 1. The second-order valence-electron chi connectivity index (χ2n) is 4.53. The molecular formula is C12H15NO4S. The number of aliphatic hydroxyl groups is 1. The van der Waals surface area contributed by atoms with Crippen molar-refractivity contribution in [2.45, 2.75) is 19.1 Å². The summed E-state index contributed by atoms with van der Waals surface area (Å²) in [6.07, 6.45) is -0.906. The smallest absolute Gasteiger partial charge is 0.159 e. The van der Waals surface area contributed by atoms with Gasteiger partial charge in [-0.1, -0.05) is 12.1 Å². The topological polar surface area (TPSA) is 83.5 Å². The van der Waals surface area contributed by atoms with E-state index in [4.69, 9.17) is 0 Å². The zero-order chi connectivity index (χ0) is 13.3. The molecule has 1 saturated heterocycles. The average molecular weight is 269 g/mol. The van der Waals surface area contributed by atoms with Crippen molar-refractivity contribution in [3.63, 3.8) is 0 Å². The molecule has 1 aliphatic heterocycles. The summed E-state index contributed by atoms with van der Waals surface area (Å²) in [5, 5.41) is 12.6. The molecule has 0 aromatic heterocycles. The van der Waals surface area contributed by atoms with Crippen LogP contribution in [0.1, 0.15) is 17.3 Å². The molecular weight excluding hydrogens is 254 g/mol. The van der Waals surface area contributed by atoms with E-state index in [1.165, 1.54) is 6.92 Å². The van der Waals surface area contributed by atoms with Gasteiger partial charge in [0.2, 0.25) is 0 Å². The first-order valence-electron chi connectivity index (χ1n) is 5.63. The van der Waals surface area contributed by atoms with Crippen LogP contribution in [-0.4, -0.2) is 43.0 Å². The summed E-state index contributed by atoms with van der Waals surface area (Å²) in [6, 6.07) is 6.28. The number of hydrogen-bond donors (Lipinski definition) is 2. The van der Waals surface area contributed by atoms with Gasteiger partial charge in [0.25, 0.3) is 0 Å². The minimum Gasteiger partial charge on any atom is -0.390 e.